The molecule has 88 valence electrons. The Morgan fingerprint density at radius 2 is 2.25 bits per heavy atom. The third-order valence-corrected chi connectivity index (χ3v) is 3.72. The van der Waals surface area contributed by atoms with Crippen LogP contribution in [0.3, 0.4) is 0 Å². The SMILES string of the molecule is OCC(O)CN1CCc2cccc(Br)c2C1. The molecule has 1 aromatic rings. The maximum absolute atomic E-state index is 9.42. The first-order valence-corrected chi connectivity index (χ1v) is 6.27. The number of halogens is 1. The van der Waals surface area contributed by atoms with E-state index in [1.165, 1.54) is 11.1 Å². The summed E-state index contributed by atoms with van der Waals surface area (Å²) in [6.07, 6.45) is 0.372. The Balaban J connectivity index is 2.08. The molecule has 0 aliphatic carbocycles. The summed E-state index contributed by atoms with van der Waals surface area (Å²) in [7, 11) is 0. The van der Waals surface area contributed by atoms with E-state index in [9.17, 15) is 5.11 Å². The number of β-amino-alcohol motifs (C(OH)–C–C–N with tert-alkyl or cyclic N) is 1. The molecule has 1 aliphatic rings. The molecule has 0 aromatic heterocycles. The minimum absolute atomic E-state index is 0.167. The molecule has 16 heavy (non-hydrogen) atoms. The van der Waals surface area contributed by atoms with E-state index in [0.29, 0.717) is 6.54 Å². The van der Waals surface area contributed by atoms with Crippen molar-refractivity contribution in [2.24, 2.45) is 0 Å². The van der Waals surface area contributed by atoms with Crippen LogP contribution in [0.2, 0.25) is 0 Å². The summed E-state index contributed by atoms with van der Waals surface area (Å²) in [5, 5.41) is 18.3. The molecule has 1 unspecified atom stereocenters. The lowest BCUT2D eigenvalue weighted by Crippen LogP contribution is -2.38. The number of hydrogen-bond donors (Lipinski definition) is 2. The Morgan fingerprint density at radius 3 is 3.00 bits per heavy atom. The van der Waals surface area contributed by atoms with Crippen molar-refractivity contribution in [1.82, 2.24) is 4.90 Å². The van der Waals surface area contributed by atoms with Crippen molar-refractivity contribution in [3.63, 3.8) is 0 Å². The molecule has 0 radical (unpaired) electrons. The fourth-order valence-corrected chi connectivity index (χ4v) is 2.64. The Kier molecular flexibility index (Phi) is 3.97. The van der Waals surface area contributed by atoms with Gasteiger partial charge >= 0.3 is 0 Å². The number of fused-ring (bicyclic) bond motifs is 1. The zero-order chi connectivity index (χ0) is 11.5. The van der Waals surface area contributed by atoms with Gasteiger partial charge in [0.25, 0.3) is 0 Å². The van der Waals surface area contributed by atoms with Crippen LogP contribution < -0.4 is 0 Å². The van der Waals surface area contributed by atoms with Crippen molar-refractivity contribution in [2.45, 2.75) is 19.1 Å². The molecule has 0 amide bonds. The van der Waals surface area contributed by atoms with E-state index in [1.54, 1.807) is 0 Å². The lowest BCUT2D eigenvalue weighted by molar-refractivity contribution is 0.0550. The molecule has 0 saturated carbocycles. The van der Waals surface area contributed by atoms with Gasteiger partial charge in [0.15, 0.2) is 0 Å². The molecule has 3 nitrogen and oxygen atoms in total. The summed E-state index contributed by atoms with van der Waals surface area (Å²) < 4.78 is 1.13. The average Bonchev–Trinajstić information content (AvgIpc) is 2.30. The van der Waals surface area contributed by atoms with Crippen LogP contribution in [0.1, 0.15) is 11.1 Å². The van der Waals surface area contributed by atoms with Crippen LogP contribution in [0, 0.1) is 0 Å². The normalized spacial score (nSPS) is 18.2. The highest BCUT2D eigenvalue weighted by Crippen LogP contribution is 2.26. The number of nitrogens with zero attached hydrogens (tertiary/aromatic N) is 1. The Hall–Kier alpha value is -0.420. The van der Waals surface area contributed by atoms with Crippen molar-refractivity contribution in [1.29, 1.82) is 0 Å². The average molecular weight is 286 g/mol. The maximum atomic E-state index is 9.42. The van der Waals surface area contributed by atoms with Crippen molar-refractivity contribution < 1.29 is 10.2 Å². The smallest absolute Gasteiger partial charge is 0.0897 e. The van der Waals surface area contributed by atoms with Crippen LogP contribution in [-0.2, 0) is 13.0 Å². The molecule has 2 rings (SSSR count). The molecular weight excluding hydrogens is 270 g/mol. The number of aliphatic hydroxyl groups excluding tert-OH is 2. The van der Waals surface area contributed by atoms with Gasteiger partial charge in [-0.05, 0) is 23.6 Å². The lowest BCUT2D eigenvalue weighted by atomic mass is 10.00. The fraction of sp³-hybridized carbons (Fsp3) is 0.500. The first kappa shape index (κ1) is 12.0. The van der Waals surface area contributed by atoms with E-state index in [2.05, 4.69) is 33.0 Å². The third kappa shape index (κ3) is 2.63. The van der Waals surface area contributed by atoms with Gasteiger partial charge in [-0.15, -0.1) is 0 Å². The van der Waals surface area contributed by atoms with Gasteiger partial charge in [0, 0.05) is 24.1 Å². The van der Waals surface area contributed by atoms with Gasteiger partial charge in [-0.2, -0.15) is 0 Å². The van der Waals surface area contributed by atoms with Gasteiger partial charge in [-0.1, -0.05) is 28.1 Å². The van der Waals surface area contributed by atoms with Crippen molar-refractivity contribution in [3.05, 3.63) is 33.8 Å². The third-order valence-electron chi connectivity index (χ3n) is 2.97. The minimum Gasteiger partial charge on any atom is -0.394 e. The van der Waals surface area contributed by atoms with E-state index in [-0.39, 0.29) is 6.61 Å². The van der Waals surface area contributed by atoms with E-state index in [0.717, 1.165) is 24.0 Å². The predicted octanol–water partition coefficient (Wildman–Crippen LogP) is 1.16. The number of benzene rings is 1. The number of rotatable bonds is 3. The zero-order valence-electron chi connectivity index (χ0n) is 9.06. The van der Waals surface area contributed by atoms with Crippen LogP contribution in [0.5, 0.6) is 0 Å². The quantitative estimate of drug-likeness (QED) is 0.876. The molecular formula is C12H16BrNO2. The van der Waals surface area contributed by atoms with Crippen molar-refractivity contribution in [2.75, 3.05) is 19.7 Å². The van der Waals surface area contributed by atoms with Crippen LogP contribution in [0.4, 0.5) is 0 Å². The van der Waals surface area contributed by atoms with Crippen molar-refractivity contribution >= 4 is 15.9 Å². The molecule has 0 saturated heterocycles. The molecule has 2 N–H and O–H groups in total. The van der Waals surface area contributed by atoms with Crippen molar-refractivity contribution in [3.8, 4) is 0 Å². The maximum Gasteiger partial charge on any atom is 0.0897 e. The molecule has 1 aliphatic heterocycles. The van der Waals surface area contributed by atoms with Crippen LogP contribution in [-0.4, -0.2) is 40.9 Å². The second kappa shape index (κ2) is 5.27. The van der Waals surface area contributed by atoms with Gasteiger partial charge in [0.2, 0.25) is 0 Å². The highest BCUT2D eigenvalue weighted by molar-refractivity contribution is 9.10. The number of aliphatic hydroxyl groups is 2. The summed E-state index contributed by atoms with van der Waals surface area (Å²) in [5.74, 6) is 0. The Morgan fingerprint density at radius 1 is 1.44 bits per heavy atom. The molecule has 4 heteroatoms. The topological polar surface area (TPSA) is 43.7 Å². The first-order valence-electron chi connectivity index (χ1n) is 5.48. The summed E-state index contributed by atoms with van der Waals surface area (Å²) >= 11 is 3.55. The molecule has 0 bridgehead atoms. The second-order valence-electron chi connectivity index (χ2n) is 4.20. The second-order valence-corrected chi connectivity index (χ2v) is 5.05. The summed E-state index contributed by atoms with van der Waals surface area (Å²) in [5.41, 5.74) is 2.68. The van der Waals surface area contributed by atoms with Crippen LogP contribution in [0.15, 0.2) is 22.7 Å². The number of hydrogen-bond acceptors (Lipinski definition) is 3. The Bertz CT molecular complexity index is 370. The highest BCUT2D eigenvalue weighted by Gasteiger charge is 2.19. The fourth-order valence-electron chi connectivity index (χ4n) is 2.11. The minimum atomic E-state index is -0.635. The monoisotopic (exact) mass is 285 g/mol. The van der Waals surface area contributed by atoms with Gasteiger partial charge in [0.05, 0.1) is 12.7 Å². The zero-order valence-corrected chi connectivity index (χ0v) is 10.7. The van der Waals surface area contributed by atoms with E-state index >= 15 is 0 Å². The van der Waals surface area contributed by atoms with Gasteiger partial charge in [0.1, 0.15) is 0 Å². The van der Waals surface area contributed by atoms with Gasteiger partial charge in [-0.3, -0.25) is 4.90 Å². The van der Waals surface area contributed by atoms with E-state index < -0.39 is 6.10 Å². The van der Waals surface area contributed by atoms with E-state index in [1.807, 2.05) is 6.07 Å². The standard InChI is InChI=1S/C12H16BrNO2/c13-12-3-1-2-9-4-5-14(7-11(9)12)6-10(16)8-15/h1-3,10,15-16H,4-8H2. The highest BCUT2D eigenvalue weighted by atomic mass is 79.9. The van der Waals surface area contributed by atoms with Gasteiger partial charge < -0.3 is 10.2 Å². The molecule has 0 fully saturated rings. The molecule has 1 aromatic carbocycles. The van der Waals surface area contributed by atoms with Gasteiger partial charge in [-0.25, -0.2) is 0 Å². The molecule has 1 heterocycles. The molecule has 1 atom stereocenters. The summed E-state index contributed by atoms with van der Waals surface area (Å²) in [4.78, 5) is 2.17. The predicted molar refractivity (Wildman–Crippen MR) is 66.2 cm³/mol. The summed E-state index contributed by atoms with van der Waals surface area (Å²) in [6.45, 7) is 2.16. The van der Waals surface area contributed by atoms with Crippen LogP contribution in [0.25, 0.3) is 0 Å². The van der Waals surface area contributed by atoms with Crippen LogP contribution >= 0.6 is 15.9 Å². The first-order chi connectivity index (χ1) is 7.70. The lowest BCUT2D eigenvalue weighted by Gasteiger charge is -2.30. The largest absolute Gasteiger partial charge is 0.394 e. The van der Waals surface area contributed by atoms with E-state index in [4.69, 9.17) is 5.11 Å². The molecule has 0 spiro atoms. The Labute approximate surface area is 104 Å². The summed E-state index contributed by atoms with van der Waals surface area (Å²) in [6, 6.07) is 6.26.